The minimum atomic E-state index is -0.658. The molecule has 4 aromatic heterocycles. The summed E-state index contributed by atoms with van der Waals surface area (Å²) in [5.41, 5.74) is 3.46. The van der Waals surface area contributed by atoms with E-state index in [2.05, 4.69) is 31.2 Å². The number of nitrogens with zero attached hydrogens (tertiary/aromatic N) is 7. The van der Waals surface area contributed by atoms with E-state index in [0.717, 1.165) is 45.4 Å². The smallest absolute Gasteiger partial charge is 0.277 e. The van der Waals surface area contributed by atoms with Crippen LogP contribution in [-0.4, -0.2) is 76.4 Å². The summed E-state index contributed by atoms with van der Waals surface area (Å²) >= 11 is 1.63. The largest absolute Gasteiger partial charge is 0.378 e. The third-order valence-corrected chi connectivity index (χ3v) is 6.83. The molecular weight excluding hydrogens is 482 g/mol. The van der Waals surface area contributed by atoms with E-state index in [1.54, 1.807) is 23.0 Å². The molecule has 0 aliphatic carbocycles. The first kappa shape index (κ1) is 23.8. The molecular formula is C23H25N9O3S. The van der Waals surface area contributed by atoms with Gasteiger partial charge in [-0.15, -0.1) is 11.3 Å². The maximum absolute atomic E-state index is 11.5. The van der Waals surface area contributed by atoms with Gasteiger partial charge < -0.3 is 19.9 Å². The van der Waals surface area contributed by atoms with Crippen LogP contribution in [0.3, 0.4) is 0 Å². The number of fused-ring (bicyclic) bond motifs is 1. The van der Waals surface area contributed by atoms with E-state index in [0.29, 0.717) is 31.5 Å². The van der Waals surface area contributed by atoms with Crippen LogP contribution in [0.15, 0.2) is 36.8 Å². The Morgan fingerprint density at radius 3 is 2.61 bits per heavy atom. The Hall–Kier alpha value is -3.94. The van der Waals surface area contributed by atoms with Gasteiger partial charge in [0.05, 0.1) is 35.5 Å². The van der Waals surface area contributed by atoms with Gasteiger partial charge in [0, 0.05) is 56.2 Å². The Kier molecular flexibility index (Phi) is 6.84. The topological polar surface area (TPSA) is 142 Å². The minimum absolute atomic E-state index is 0.173. The van der Waals surface area contributed by atoms with E-state index in [4.69, 9.17) is 19.9 Å². The highest BCUT2D eigenvalue weighted by Gasteiger charge is 2.21. The highest BCUT2D eigenvalue weighted by Crippen LogP contribution is 2.35. The van der Waals surface area contributed by atoms with Crippen molar-refractivity contribution in [2.24, 2.45) is 0 Å². The molecule has 0 bridgehead atoms. The first-order chi connectivity index (χ1) is 17.6. The Labute approximate surface area is 211 Å². The number of morpholine rings is 1. The highest BCUT2D eigenvalue weighted by molar-refractivity contribution is 7.19. The number of anilines is 3. The Balaban J connectivity index is 1.47. The molecule has 13 heteroatoms. The van der Waals surface area contributed by atoms with E-state index in [9.17, 15) is 4.79 Å². The lowest BCUT2D eigenvalue weighted by atomic mass is 10.2. The molecule has 1 saturated heterocycles. The number of rotatable bonds is 7. The van der Waals surface area contributed by atoms with Crippen LogP contribution in [0.4, 0.5) is 17.6 Å². The van der Waals surface area contributed by atoms with Crippen molar-refractivity contribution in [3.63, 3.8) is 0 Å². The van der Waals surface area contributed by atoms with E-state index >= 15 is 0 Å². The zero-order valence-corrected chi connectivity index (χ0v) is 20.6. The molecule has 0 aromatic carbocycles. The van der Waals surface area contributed by atoms with Gasteiger partial charge in [0.15, 0.2) is 11.6 Å². The van der Waals surface area contributed by atoms with Crippen molar-refractivity contribution in [2.75, 3.05) is 55.5 Å². The molecule has 186 valence electrons. The van der Waals surface area contributed by atoms with E-state index in [1.165, 1.54) is 12.4 Å². The van der Waals surface area contributed by atoms with Gasteiger partial charge in [-0.05, 0) is 18.2 Å². The number of amides is 1. The molecule has 0 atom stereocenters. The summed E-state index contributed by atoms with van der Waals surface area (Å²) in [6.07, 6.45) is 4.52. The molecule has 1 aliphatic rings. The predicted molar refractivity (Wildman–Crippen MR) is 137 cm³/mol. The molecule has 12 nitrogen and oxygen atoms in total. The number of hydrogen-bond donors (Lipinski definition) is 3. The summed E-state index contributed by atoms with van der Waals surface area (Å²) in [6, 6.07) is 5.93. The number of nitrogens with one attached hydrogen (secondary N) is 2. The molecule has 1 amide bonds. The van der Waals surface area contributed by atoms with Crippen molar-refractivity contribution in [3.05, 3.63) is 47.2 Å². The molecule has 4 aromatic rings. The fraction of sp³-hybridized carbons (Fsp3) is 0.304. The van der Waals surface area contributed by atoms with Crippen molar-refractivity contribution >= 4 is 45.0 Å². The number of aromatic nitrogens is 5. The lowest BCUT2D eigenvalue weighted by molar-refractivity contribution is 0.0705. The number of hydrogen-bond acceptors (Lipinski definition) is 12. The average Bonchev–Trinajstić information content (AvgIpc) is 3.35. The maximum Gasteiger partial charge on any atom is 0.277 e. The van der Waals surface area contributed by atoms with Gasteiger partial charge in [-0.1, -0.05) is 0 Å². The van der Waals surface area contributed by atoms with Gasteiger partial charge in [-0.3, -0.25) is 10.0 Å². The Morgan fingerprint density at radius 2 is 1.94 bits per heavy atom. The normalized spacial score (nSPS) is 13.6. The summed E-state index contributed by atoms with van der Waals surface area (Å²) in [6.45, 7) is 3.38. The highest BCUT2D eigenvalue weighted by atomic mass is 32.1. The van der Waals surface area contributed by atoms with Crippen LogP contribution in [0, 0.1) is 0 Å². The summed E-state index contributed by atoms with van der Waals surface area (Å²) in [5, 5.41) is 11.8. The lowest BCUT2D eigenvalue weighted by Gasteiger charge is -2.28. The summed E-state index contributed by atoms with van der Waals surface area (Å²) in [7, 11) is 3.71. The molecule has 0 saturated carbocycles. The van der Waals surface area contributed by atoms with Gasteiger partial charge in [-0.2, -0.15) is 0 Å². The van der Waals surface area contributed by atoms with Crippen LogP contribution < -0.4 is 20.6 Å². The van der Waals surface area contributed by atoms with Gasteiger partial charge in [0.2, 0.25) is 5.95 Å². The van der Waals surface area contributed by atoms with Gasteiger partial charge >= 0.3 is 0 Å². The predicted octanol–water partition coefficient (Wildman–Crippen LogP) is 2.18. The maximum atomic E-state index is 11.5. The second kappa shape index (κ2) is 10.4. The van der Waals surface area contributed by atoms with E-state index < -0.39 is 5.91 Å². The van der Waals surface area contributed by atoms with Crippen molar-refractivity contribution in [2.45, 2.75) is 6.54 Å². The van der Waals surface area contributed by atoms with Crippen molar-refractivity contribution in [3.8, 4) is 11.4 Å². The summed E-state index contributed by atoms with van der Waals surface area (Å²) in [5.74, 6) is 2.09. The number of thiophene rings is 1. The molecule has 5 heterocycles. The number of carbonyl (C=O) groups excluding carboxylic acids is 1. The number of ether oxygens (including phenoxy) is 1. The molecule has 0 spiro atoms. The van der Waals surface area contributed by atoms with Crippen LogP contribution in [0.1, 0.15) is 15.2 Å². The van der Waals surface area contributed by atoms with E-state index in [-0.39, 0.29) is 5.56 Å². The quantitative estimate of drug-likeness (QED) is 0.250. The number of hydroxylamine groups is 1. The molecule has 0 unspecified atom stereocenters. The Bertz CT molecular complexity index is 1360. The molecule has 1 fully saturated rings. The summed E-state index contributed by atoms with van der Waals surface area (Å²) < 4.78 is 6.57. The van der Waals surface area contributed by atoms with Gasteiger partial charge in [-0.25, -0.2) is 30.4 Å². The second-order valence-corrected chi connectivity index (χ2v) is 9.28. The monoisotopic (exact) mass is 507 g/mol. The van der Waals surface area contributed by atoms with Crippen LogP contribution in [0.25, 0.3) is 21.6 Å². The van der Waals surface area contributed by atoms with Crippen LogP contribution in [-0.2, 0) is 11.3 Å². The fourth-order valence-electron chi connectivity index (χ4n) is 3.84. The van der Waals surface area contributed by atoms with Crippen LogP contribution in [0.2, 0.25) is 0 Å². The number of pyridine rings is 1. The van der Waals surface area contributed by atoms with Crippen molar-refractivity contribution in [1.82, 2.24) is 30.4 Å². The zero-order valence-electron chi connectivity index (χ0n) is 19.8. The van der Waals surface area contributed by atoms with Gasteiger partial charge in [0.1, 0.15) is 5.82 Å². The molecule has 0 radical (unpaired) electrons. The van der Waals surface area contributed by atoms with Crippen LogP contribution in [0.5, 0.6) is 0 Å². The SMILES string of the molecule is CNc1ccc(-c2nc(N3CCOCC3)c3sc(CN(C)c4ncc(C(=O)NO)cn4)cc3n2)cn1. The minimum Gasteiger partial charge on any atom is -0.378 e. The van der Waals surface area contributed by atoms with E-state index in [1.807, 2.05) is 31.1 Å². The molecule has 36 heavy (non-hydrogen) atoms. The molecule has 3 N–H and O–H groups in total. The number of carbonyl (C=O) groups is 1. The third kappa shape index (κ3) is 4.89. The first-order valence-electron chi connectivity index (χ1n) is 11.3. The van der Waals surface area contributed by atoms with Crippen molar-refractivity contribution in [1.29, 1.82) is 0 Å². The molecule has 1 aliphatic heterocycles. The first-order valence-corrected chi connectivity index (χ1v) is 12.1. The van der Waals surface area contributed by atoms with Crippen LogP contribution >= 0.6 is 11.3 Å². The summed E-state index contributed by atoms with van der Waals surface area (Å²) in [4.78, 5) is 39.4. The second-order valence-electron chi connectivity index (χ2n) is 8.15. The Morgan fingerprint density at radius 1 is 1.17 bits per heavy atom. The third-order valence-electron chi connectivity index (χ3n) is 5.73. The lowest BCUT2D eigenvalue weighted by Crippen LogP contribution is -2.36. The van der Waals surface area contributed by atoms with Crippen molar-refractivity contribution < 1.29 is 14.7 Å². The zero-order chi connectivity index (χ0) is 25.1. The fourth-order valence-corrected chi connectivity index (χ4v) is 5.01. The van der Waals surface area contributed by atoms with Gasteiger partial charge in [0.25, 0.3) is 5.91 Å². The average molecular weight is 508 g/mol. The standard InChI is InChI=1S/C23H25N9O3S/c1-24-18-4-3-14(10-25-18)20-28-17-9-16(36-19(17)21(29-20)32-5-7-35-8-6-32)13-31(2)23-26-11-15(12-27-23)22(33)30-34/h3-4,9-12,34H,5-8,13H2,1-2H3,(H,24,25)(H,30,33). The molecule has 5 rings (SSSR count).